The van der Waals surface area contributed by atoms with Crippen molar-refractivity contribution < 1.29 is 4.74 Å². The summed E-state index contributed by atoms with van der Waals surface area (Å²) in [6, 6.07) is 5.90. The van der Waals surface area contributed by atoms with E-state index in [1.54, 1.807) is 0 Å². The van der Waals surface area contributed by atoms with Crippen molar-refractivity contribution in [2.75, 3.05) is 25.9 Å². The lowest BCUT2D eigenvalue weighted by molar-refractivity contribution is 0.220. The summed E-state index contributed by atoms with van der Waals surface area (Å²) in [5, 5.41) is 3.17. The largest absolute Gasteiger partial charge is 0.493 e. The number of hydrogen-bond acceptors (Lipinski definition) is 3. The molecule has 76 valence electrons. The Kier molecular flexibility index (Phi) is 2.59. The van der Waals surface area contributed by atoms with Gasteiger partial charge in [-0.2, -0.15) is 0 Å². The zero-order valence-corrected chi connectivity index (χ0v) is 8.42. The molecule has 0 fully saturated rings. The summed E-state index contributed by atoms with van der Waals surface area (Å²) >= 11 is 0. The van der Waals surface area contributed by atoms with Crippen LogP contribution in [-0.4, -0.2) is 20.2 Å². The predicted molar refractivity (Wildman–Crippen MR) is 57.5 cm³/mol. The minimum absolute atomic E-state index is 0.580. The van der Waals surface area contributed by atoms with Crippen LogP contribution in [0.15, 0.2) is 18.2 Å². The van der Waals surface area contributed by atoms with Crippen molar-refractivity contribution in [2.45, 2.75) is 6.42 Å². The van der Waals surface area contributed by atoms with Crippen LogP contribution in [0.1, 0.15) is 5.56 Å². The SMILES string of the molecule is CNCC1COc2cc(N)ccc2C1. The van der Waals surface area contributed by atoms with E-state index in [0.717, 1.165) is 31.0 Å². The van der Waals surface area contributed by atoms with Gasteiger partial charge in [0.1, 0.15) is 5.75 Å². The Morgan fingerprint density at radius 2 is 2.43 bits per heavy atom. The molecule has 0 bridgehead atoms. The molecule has 0 radical (unpaired) electrons. The van der Waals surface area contributed by atoms with Crippen LogP contribution in [0.2, 0.25) is 0 Å². The highest BCUT2D eigenvalue weighted by atomic mass is 16.5. The fourth-order valence-corrected chi connectivity index (χ4v) is 1.87. The second-order valence-electron chi connectivity index (χ2n) is 3.81. The predicted octanol–water partition coefficient (Wildman–Crippen LogP) is 1.04. The van der Waals surface area contributed by atoms with E-state index >= 15 is 0 Å². The van der Waals surface area contributed by atoms with Crippen LogP contribution < -0.4 is 15.8 Å². The molecule has 3 nitrogen and oxygen atoms in total. The first-order valence-corrected chi connectivity index (χ1v) is 4.95. The average molecular weight is 192 g/mol. The summed E-state index contributed by atoms with van der Waals surface area (Å²) < 4.78 is 5.65. The van der Waals surface area contributed by atoms with Crippen molar-refractivity contribution in [3.8, 4) is 5.75 Å². The van der Waals surface area contributed by atoms with Gasteiger partial charge in [0.25, 0.3) is 0 Å². The molecule has 0 saturated carbocycles. The second kappa shape index (κ2) is 3.88. The molecule has 3 heteroatoms. The lowest BCUT2D eigenvalue weighted by Crippen LogP contribution is -2.29. The maximum atomic E-state index is 5.68. The van der Waals surface area contributed by atoms with Gasteiger partial charge in [-0.25, -0.2) is 0 Å². The molecular weight excluding hydrogens is 176 g/mol. The Morgan fingerprint density at radius 1 is 1.57 bits per heavy atom. The average Bonchev–Trinajstić information content (AvgIpc) is 2.19. The third-order valence-electron chi connectivity index (χ3n) is 2.57. The van der Waals surface area contributed by atoms with Crippen molar-refractivity contribution in [1.82, 2.24) is 5.32 Å². The smallest absolute Gasteiger partial charge is 0.124 e. The Hall–Kier alpha value is -1.22. The van der Waals surface area contributed by atoms with E-state index in [2.05, 4.69) is 11.4 Å². The molecule has 1 aliphatic heterocycles. The van der Waals surface area contributed by atoms with Gasteiger partial charge < -0.3 is 15.8 Å². The van der Waals surface area contributed by atoms with Crippen molar-refractivity contribution >= 4 is 5.69 Å². The highest BCUT2D eigenvalue weighted by Crippen LogP contribution is 2.28. The number of rotatable bonds is 2. The van der Waals surface area contributed by atoms with Crippen molar-refractivity contribution in [3.05, 3.63) is 23.8 Å². The Balaban J connectivity index is 2.15. The van der Waals surface area contributed by atoms with Crippen LogP contribution >= 0.6 is 0 Å². The maximum Gasteiger partial charge on any atom is 0.124 e. The quantitative estimate of drug-likeness (QED) is 0.688. The molecule has 3 N–H and O–H groups in total. The van der Waals surface area contributed by atoms with Crippen molar-refractivity contribution in [1.29, 1.82) is 0 Å². The number of nitrogen functional groups attached to an aromatic ring is 1. The molecule has 0 saturated heterocycles. The van der Waals surface area contributed by atoms with Gasteiger partial charge >= 0.3 is 0 Å². The zero-order chi connectivity index (χ0) is 9.97. The van der Waals surface area contributed by atoms with E-state index < -0.39 is 0 Å². The van der Waals surface area contributed by atoms with Crippen molar-refractivity contribution in [3.63, 3.8) is 0 Å². The van der Waals surface area contributed by atoms with Crippen LogP contribution in [0, 0.1) is 5.92 Å². The third-order valence-corrected chi connectivity index (χ3v) is 2.57. The first-order chi connectivity index (χ1) is 6.79. The number of hydrogen-bond donors (Lipinski definition) is 2. The van der Waals surface area contributed by atoms with Gasteiger partial charge in [-0.1, -0.05) is 6.07 Å². The van der Waals surface area contributed by atoms with Gasteiger partial charge in [-0.15, -0.1) is 0 Å². The molecule has 0 aromatic heterocycles. The monoisotopic (exact) mass is 192 g/mol. The molecular formula is C11H16N2O. The minimum atomic E-state index is 0.580. The number of nitrogens with one attached hydrogen (secondary N) is 1. The molecule has 1 aromatic rings. The summed E-state index contributed by atoms with van der Waals surface area (Å²) in [4.78, 5) is 0. The second-order valence-corrected chi connectivity index (χ2v) is 3.81. The summed E-state index contributed by atoms with van der Waals surface area (Å²) in [5.74, 6) is 1.54. The van der Waals surface area contributed by atoms with E-state index in [0.29, 0.717) is 5.92 Å². The molecule has 0 amide bonds. The highest BCUT2D eigenvalue weighted by molar-refractivity contribution is 5.49. The molecule has 14 heavy (non-hydrogen) atoms. The molecule has 1 aromatic carbocycles. The van der Waals surface area contributed by atoms with E-state index in [1.165, 1.54) is 5.56 Å². The van der Waals surface area contributed by atoms with E-state index in [1.807, 2.05) is 19.2 Å². The molecule has 0 spiro atoms. The van der Waals surface area contributed by atoms with Gasteiger partial charge in [0.2, 0.25) is 0 Å². The number of anilines is 1. The highest BCUT2D eigenvalue weighted by Gasteiger charge is 2.18. The van der Waals surface area contributed by atoms with Crippen LogP contribution in [0.3, 0.4) is 0 Å². The molecule has 1 aliphatic rings. The first-order valence-electron chi connectivity index (χ1n) is 4.95. The number of benzene rings is 1. The van der Waals surface area contributed by atoms with E-state index in [4.69, 9.17) is 10.5 Å². The molecule has 0 aliphatic carbocycles. The summed E-state index contributed by atoms with van der Waals surface area (Å²) in [6.45, 7) is 1.79. The Labute approximate surface area is 84.3 Å². The van der Waals surface area contributed by atoms with Gasteiger partial charge in [-0.05, 0) is 25.1 Å². The van der Waals surface area contributed by atoms with Crippen molar-refractivity contribution in [2.24, 2.45) is 5.92 Å². The van der Waals surface area contributed by atoms with Crippen LogP contribution in [0.4, 0.5) is 5.69 Å². The van der Waals surface area contributed by atoms with Crippen LogP contribution in [0.5, 0.6) is 5.75 Å². The topological polar surface area (TPSA) is 47.3 Å². The van der Waals surface area contributed by atoms with Gasteiger partial charge in [-0.3, -0.25) is 0 Å². The Morgan fingerprint density at radius 3 is 3.21 bits per heavy atom. The van der Waals surface area contributed by atoms with E-state index in [-0.39, 0.29) is 0 Å². The fourth-order valence-electron chi connectivity index (χ4n) is 1.87. The van der Waals surface area contributed by atoms with Crippen LogP contribution in [-0.2, 0) is 6.42 Å². The summed E-state index contributed by atoms with van der Waals surface area (Å²) in [7, 11) is 1.97. The van der Waals surface area contributed by atoms with Crippen LogP contribution in [0.25, 0.3) is 0 Å². The fraction of sp³-hybridized carbons (Fsp3) is 0.455. The van der Waals surface area contributed by atoms with E-state index in [9.17, 15) is 0 Å². The molecule has 1 heterocycles. The first kappa shape index (κ1) is 9.34. The number of ether oxygens (including phenoxy) is 1. The molecule has 1 unspecified atom stereocenters. The maximum absolute atomic E-state index is 5.68. The number of fused-ring (bicyclic) bond motifs is 1. The molecule has 1 atom stereocenters. The molecule has 2 rings (SSSR count). The van der Waals surface area contributed by atoms with Gasteiger partial charge in [0.05, 0.1) is 6.61 Å². The third kappa shape index (κ3) is 1.82. The number of nitrogens with two attached hydrogens (primary N) is 1. The Bertz CT molecular complexity index is 325. The standard InChI is InChI=1S/C11H16N2O/c1-13-6-8-4-9-2-3-10(12)5-11(9)14-7-8/h2-3,5,8,13H,4,6-7,12H2,1H3. The normalized spacial score (nSPS) is 19.9. The lowest BCUT2D eigenvalue weighted by Gasteiger charge is -2.25. The zero-order valence-electron chi connectivity index (χ0n) is 8.42. The summed E-state index contributed by atoms with van der Waals surface area (Å²) in [5.41, 5.74) is 7.73. The van der Waals surface area contributed by atoms with Gasteiger partial charge in [0.15, 0.2) is 0 Å². The minimum Gasteiger partial charge on any atom is -0.493 e. The lowest BCUT2D eigenvalue weighted by atomic mass is 9.96. The van der Waals surface area contributed by atoms with Gasteiger partial charge in [0, 0.05) is 24.2 Å². The summed E-state index contributed by atoms with van der Waals surface area (Å²) in [6.07, 6.45) is 1.08.